The number of rotatable bonds is 2. The molecule has 8 saturated carbocycles. The van der Waals surface area contributed by atoms with Crippen molar-refractivity contribution in [3.05, 3.63) is 0 Å². The van der Waals surface area contributed by atoms with E-state index in [2.05, 4.69) is 0 Å². The van der Waals surface area contributed by atoms with Crippen LogP contribution in [-0.4, -0.2) is 0 Å². The summed E-state index contributed by atoms with van der Waals surface area (Å²) >= 11 is 0. The Hall–Kier alpha value is 0. The molecule has 0 radical (unpaired) electrons. The average Bonchev–Trinajstić information content (AvgIpc) is 2.94. The molecule has 0 aliphatic heterocycles. The zero-order valence-electron chi connectivity index (χ0n) is 23.6. The summed E-state index contributed by atoms with van der Waals surface area (Å²) < 4.78 is 0. The summed E-state index contributed by atoms with van der Waals surface area (Å²) in [6.45, 7) is 0. The zero-order valence-corrected chi connectivity index (χ0v) is 23.6. The summed E-state index contributed by atoms with van der Waals surface area (Å²) in [4.78, 5) is 0. The van der Waals surface area contributed by atoms with E-state index in [9.17, 15) is 0 Å². The van der Waals surface area contributed by atoms with Crippen molar-refractivity contribution in [1.29, 1.82) is 0 Å². The van der Waals surface area contributed by atoms with E-state index in [0.717, 1.165) is 71.0 Å². The molecule has 8 aliphatic rings. The Labute approximate surface area is 223 Å². The molecule has 36 heavy (non-hydrogen) atoms. The molecule has 0 bridgehead atoms. The van der Waals surface area contributed by atoms with Crippen molar-refractivity contribution in [1.82, 2.24) is 0 Å². The third-order valence-corrected chi connectivity index (χ3v) is 15.3. The highest BCUT2D eigenvalue weighted by Gasteiger charge is 2.54. The largest absolute Gasteiger partial charge is 0.0530 e. The molecule has 0 N–H and O–H groups in total. The van der Waals surface area contributed by atoms with Crippen molar-refractivity contribution in [3.63, 3.8) is 0 Å². The van der Waals surface area contributed by atoms with Crippen molar-refractivity contribution in [2.75, 3.05) is 0 Å². The molecular formula is C36H58. The maximum absolute atomic E-state index is 1.68. The molecule has 0 spiro atoms. The second-order valence-electron chi connectivity index (χ2n) is 16.5. The summed E-state index contributed by atoms with van der Waals surface area (Å²) in [5, 5.41) is 0. The Bertz CT molecular complexity index is 742. The molecule has 0 heteroatoms. The van der Waals surface area contributed by atoms with Crippen LogP contribution in [0.5, 0.6) is 0 Å². The van der Waals surface area contributed by atoms with Crippen LogP contribution in [0.1, 0.15) is 141 Å². The van der Waals surface area contributed by atoms with Crippen LogP contribution in [-0.2, 0) is 0 Å². The molecule has 8 fully saturated rings. The quantitative estimate of drug-likeness (QED) is 0.361. The Morgan fingerprint density at radius 3 is 1.31 bits per heavy atom. The lowest BCUT2D eigenvalue weighted by Crippen LogP contribution is -2.52. The maximum Gasteiger partial charge on any atom is -0.0323 e. The van der Waals surface area contributed by atoms with Gasteiger partial charge in [0.15, 0.2) is 0 Å². The summed E-state index contributed by atoms with van der Waals surface area (Å²) in [5.41, 5.74) is 0. The molecule has 8 rings (SSSR count). The van der Waals surface area contributed by atoms with E-state index in [4.69, 9.17) is 0 Å². The standard InChI is InChI=1S/C36H58/c1-2-7-26-19-31-20-28(15-14-27(31)18-25(26)6-1)33-10-3-4-11-34(33)32-21-29-16-12-23-8-5-9-24-13-17-30(22-32)36(29)35(23)24/h23-36H,1-22H2. The van der Waals surface area contributed by atoms with Crippen LogP contribution < -0.4 is 0 Å². The predicted octanol–water partition coefficient (Wildman–Crippen LogP) is 10.3. The van der Waals surface area contributed by atoms with Gasteiger partial charge in [0.1, 0.15) is 0 Å². The van der Waals surface area contributed by atoms with Crippen molar-refractivity contribution in [2.45, 2.75) is 141 Å². The van der Waals surface area contributed by atoms with Crippen LogP contribution >= 0.6 is 0 Å². The molecule has 0 heterocycles. The average molecular weight is 491 g/mol. The van der Waals surface area contributed by atoms with Gasteiger partial charge in [-0.05, 0) is 166 Å². The molecule has 0 saturated heterocycles. The molecule has 11 unspecified atom stereocenters. The van der Waals surface area contributed by atoms with Gasteiger partial charge in [0, 0.05) is 0 Å². The monoisotopic (exact) mass is 490 g/mol. The maximum atomic E-state index is 1.68. The van der Waals surface area contributed by atoms with Gasteiger partial charge in [0.05, 0.1) is 0 Å². The summed E-state index contributed by atoms with van der Waals surface area (Å²) in [5.74, 6) is 16.0. The van der Waals surface area contributed by atoms with Gasteiger partial charge in [0.25, 0.3) is 0 Å². The van der Waals surface area contributed by atoms with Crippen LogP contribution in [0.2, 0.25) is 0 Å². The van der Waals surface area contributed by atoms with E-state index in [0.29, 0.717) is 0 Å². The predicted molar refractivity (Wildman–Crippen MR) is 150 cm³/mol. The zero-order chi connectivity index (χ0) is 23.6. The first-order valence-electron chi connectivity index (χ1n) is 17.8. The normalized spacial score (nSPS) is 56.7. The second-order valence-corrected chi connectivity index (χ2v) is 16.5. The van der Waals surface area contributed by atoms with E-state index in [1.54, 1.807) is 141 Å². The fourth-order valence-electron chi connectivity index (χ4n) is 14.1. The SMILES string of the molecule is C1CCC2CC3CC(C4CCCCC4C4CC5CCC6CCCC7CCC(C4)C5C67)CCC3CC2C1. The van der Waals surface area contributed by atoms with E-state index >= 15 is 0 Å². The van der Waals surface area contributed by atoms with Crippen molar-refractivity contribution in [3.8, 4) is 0 Å². The number of fused-ring (bicyclic) bond motifs is 2. The molecule has 0 aromatic rings. The molecule has 0 amide bonds. The molecule has 0 aromatic carbocycles. The Morgan fingerprint density at radius 2 is 0.611 bits per heavy atom. The molecule has 0 aromatic heterocycles. The third-order valence-electron chi connectivity index (χ3n) is 15.3. The molecule has 11 atom stereocenters. The number of hydrogen-bond acceptors (Lipinski definition) is 0. The van der Waals surface area contributed by atoms with Gasteiger partial charge < -0.3 is 0 Å². The molecular weight excluding hydrogens is 432 g/mol. The van der Waals surface area contributed by atoms with Crippen LogP contribution in [0.4, 0.5) is 0 Å². The van der Waals surface area contributed by atoms with Crippen LogP contribution in [0, 0.1) is 82.9 Å². The van der Waals surface area contributed by atoms with Gasteiger partial charge in [-0.15, -0.1) is 0 Å². The topological polar surface area (TPSA) is 0 Å². The summed E-state index contributed by atoms with van der Waals surface area (Å²) in [6.07, 6.45) is 35.6. The lowest BCUT2D eigenvalue weighted by molar-refractivity contribution is -0.104. The smallest absolute Gasteiger partial charge is 0.0323 e. The van der Waals surface area contributed by atoms with Crippen LogP contribution in [0.15, 0.2) is 0 Å². The Balaban J connectivity index is 0.973. The summed E-state index contributed by atoms with van der Waals surface area (Å²) in [7, 11) is 0. The lowest BCUT2D eigenvalue weighted by Gasteiger charge is -2.60. The minimum atomic E-state index is 1.12. The van der Waals surface area contributed by atoms with Crippen molar-refractivity contribution < 1.29 is 0 Å². The third kappa shape index (κ3) is 4.10. The van der Waals surface area contributed by atoms with Gasteiger partial charge in [0.2, 0.25) is 0 Å². The van der Waals surface area contributed by atoms with Gasteiger partial charge in [-0.3, -0.25) is 0 Å². The highest BCUT2D eigenvalue weighted by molar-refractivity contribution is 5.04. The molecule has 8 aliphatic carbocycles. The Morgan fingerprint density at radius 1 is 0.222 bits per heavy atom. The fourth-order valence-corrected chi connectivity index (χ4v) is 14.1. The highest BCUT2D eigenvalue weighted by atomic mass is 14.6. The van der Waals surface area contributed by atoms with E-state index in [1.807, 2.05) is 0 Å². The van der Waals surface area contributed by atoms with Gasteiger partial charge in [-0.1, -0.05) is 57.8 Å². The lowest BCUT2D eigenvalue weighted by atomic mass is 9.45. The minimum Gasteiger partial charge on any atom is -0.0530 e. The van der Waals surface area contributed by atoms with E-state index in [1.165, 1.54) is 11.8 Å². The number of hydrogen-bond donors (Lipinski definition) is 0. The van der Waals surface area contributed by atoms with Crippen molar-refractivity contribution >= 4 is 0 Å². The second kappa shape index (κ2) is 9.88. The first-order valence-corrected chi connectivity index (χ1v) is 17.8. The highest BCUT2D eigenvalue weighted by Crippen LogP contribution is 2.63. The van der Waals surface area contributed by atoms with Gasteiger partial charge in [-0.25, -0.2) is 0 Å². The van der Waals surface area contributed by atoms with Gasteiger partial charge in [-0.2, -0.15) is 0 Å². The van der Waals surface area contributed by atoms with E-state index in [-0.39, 0.29) is 0 Å². The summed E-state index contributed by atoms with van der Waals surface area (Å²) in [6, 6.07) is 0. The first kappa shape index (κ1) is 23.9. The Kier molecular flexibility index (Phi) is 6.54. The van der Waals surface area contributed by atoms with Crippen molar-refractivity contribution in [2.24, 2.45) is 82.9 Å². The van der Waals surface area contributed by atoms with Crippen LogP contribution in [0.25, 0.3) is 0 Å². The fraction of sp³-hybridized carbons (Fsp3) is 1.00. The molecule has 202 valence electrons. The van der Waals surface area contributed by atoms with Gasteiger partial charge >= 0.3 is 0 Å². The first-order chi connectivity index (χ1) is 17.8. The van der Waals surface area contributed by atoms with E-state index < -0.39 is 0 Å². The minimum absolute atomic E-state index is 1.12. The van der Waals surface area contributed by atoms with Crippen LogP contribution in [0.3, 0.4) is 0 Å². The molecule has 0 nitrogen and oxygen atoms in total.